The lowest BCUT2D eigenvalue weighted by atomic mass is 9.80. The van der Waals surface area contributed by atoms with E-state index in [9.17, 15) is 0 Å². The van der Waals surface area contributed by atoms with Crippen molar-refractivity contribution < 1.29 is 4.52 Å². The number of nitrogens with zero attached hydrogens (tertiary/aromatic N) is 2. The summed E-state index contributed by atoms with van der Waals surface area (Å²) in [5.41, 5.74) is 0.153. The van der Waals surface area contributed by atoms with Gasteiger partial charge in [0.1, 0.15) is 0 Å². The molecule has 4 nitrogen and oxygen atoms in total. The van der Waals surface area contributed by atoms with Gasteiger partial charge in [-0.3, -0.25) is 0 Å². The first-order valence-electron chi connectivity index (χ1n) is 6.27. The van der Waals surface area contributed by atoms with Gasteiger partial charge in [0.15, 0.2) is 5.82 Å². The summed E-state index contributed by atoms with van der Waals surface area (Å²) in [6, 6.07) is 0. The Balaban J connectivity index is 0.00000108. The molecule has 2 aliphatic rings. The molecule has 96 valence electrons. The first kappa shape index (κ1) is 12.8. The first-order chi connectivity index (χ1) is 7.72. The Kier molecular flexibility index (Phi) is 3.46. The highest BCUT2D eigenvalue weighted by atomic mass is 35.5. The number of fused-ring (bicyclic) bond motifs is 1. The summed E-state index contributed by atoms with van der Waals surface area (Å²) in [6.45, 7) is 6.33. The quantitative estimate of drug-likeness (QED) is 0.883. The third-order valence-corrected chi connectivity index (χ3v) is 4.17. The van der Waals surface area contributed by atoms with Crippen LogP contribution >= 0.6 is 12.4 Å². The topological polar surface area (TPSA) is 51.0 Å². The van der Waals surface area contributed by atoms with E-state index in [1.807, 2.05) is 0 Å². The predicted octanol–water partition coefficient (Wildman–Crippen LogP) is 2.26. The maximum absolute atomic E-state index is 5.51. The molecule has 0 radical (unpaired) electrons. The van der Waals surface area contributed by atoms with Crippen molar-refractivity contribution in [2.75, 3.05) is 13.1 Å². The molecule has 1 aromatic rings. The molecular weight excluding hydrogens is 238 g/mol. The molecule has 1 saturated heterocycles. The van der Waals surface area contributed by atoms with Crippen molar-refractivity contribution in [1.29, 1.82) is 0 Å². The van der Waals surface area contributed by atoms with E-state index in [4.69, 9.17) is 4.52 Å². The second-order valence-corrected chi connectivity index (χ2v) is 5.49. The molecule has 2 fully saturated rings. The van der Waals surface area contributed by atoms with Gasteiger partial charge < -0.3 is 9.84 Å². The van der Waals surface area contributed by atoms with E-state index < -0.39 is 0 Å². The summed E-state index contributed by atoms with van der Waals surface area (Å²) in [7, 11) is 0. The van der Waals surface area contributed by atoms with Crippen LogP contribution in [0.25, 0.3) is 0 Å². The van der Waals surface area contributed by atoms with Crippen LogP contribution in [0.1, 0.15) is 50.7 Å². The molecule has 0 unspecified atom stereocenters. The summed E-state index contributed by atoms with van der Waals surface area (Å²) in [6.07, 6.45) is 3.79. The minimum atomic E-state index is 0. The van der Waals surface area contributed by atoms with Crippen LogP contribution in [0.5, 0.6) is 0 Å². The molecule has 1 saturated carbocycles. The van der Waals surface area contributed by atoms with E-state index in [-0.39, 0.29) is 17.8 Å². The Bertz CT molecular complexity index is 381. The van der Waals surface area contributed by atoms with E-state index >= 15 is 0 Å². The lowest BCUT2D eigenvalue weighted by molar-refractivity contribution is 0.264. The summed E-state index contributed by atoms with van der Waals surface area (Å²) in [5, 5.41) is 7.58. The Labute approximate surface area is 108 Å². The highest BCUT2D eigenvalue weighted by Crippen LogP contribution is 2.47. The molecule has 1 aromatic heterocycles. The molecular formula is C12H20ClN3O. The van der Waals surface area contributed by atoms with Gasteiger partial charge in [-0.05, 0) is 25.3 Å². The third-order valence-electron chi connectivity index (χ3n) is 4.17. The maximum Gasteiger partial charge on any atom is 0.234 e. The Morgan fingerprint density at radius 1 is 1.47 bits per heavy atom. The average molecular weight is 258 g/mol. The van der Waals surface area contributed by atoms with Gasteiger partial charge in [0.05, 0.1) is 5.41 Å². The standard InChI is InChI=1S/C12H19N3O.ClH/c1-8(2)10-14-11(16-15-10)12-5-3-4-9(12)6-13-7-12;/h8-9,13H,3-7H2,1-2H3;1H/t9-,12-;/m0./s1. The molecule has 3 rings (SSSR count). The maximum atomic E-state index is 5.51. The lowest BCUT2D eigenvalue weighted by Gasteiger charge is -2.22. The minimum absolute atomic E-state index is 0. The summed E-state index contributed by atoms with van der Waals surface area (Å²) >= 11 is 0. The monoisotopic (exact) mass is 257 g/mol. The number of hydrogen-bond acceptors (Lipinski definition) is 4. The van der Waals surface area contributed by atoms with Crippen molar-refractivity contribution in [3.8, 4) is 0 Å². The number of aromatic nitrogens is 2. The predicted molar refractivity (Wildman–Crippen MR) is 67.5 cm³/mol. The first-order valence-corrected chi connectivity index (χ1v) is 6.27. The normalized spacial score (nSPS) is 31.6. The molecule has 2 atom stereocenters. The highest BCUT2D eigenvalue weighted by molar-refractivity contribution is 5.85. The zero-order valence-electron chi connectivity index (χ0n) is 10.4. The number of nitrogens with one attached hydrogen (secondary N) is 1. The zero-order chi connectivity index (χ0) is 11.2. The molecule has 0 aromatic carbocycles. The largest absolute Gasteiger partial charge is 0.339 e. The molecule has 0 spiro atoms. The van der Waals surface area contributed by atoms with Crippen LogP contribution in [0, 0.1) is 5.92 Å². The van der Waals surface area contributed by atoms with Crippen LogP contribution in [0.15, 0.2) is 4.52 Å². The van der Waals surface area contributed by atoms with E-state index in [1.165, 1.54) is 19.3 Å². The number of halogens is 1. The molecule has 2 heterocycles. The van der Waals surface area contributed by atoms with E-state index in [0.29, 0.717) is 11.8 Å². The highest BCUT2D eigenvalue weighted by Gasteiger charge is 2.51. The SMILES string of the molecule is CC(C)c1noc([C@]23CCC[C@H]2CNC3)n1.Cl. The van der Waals surface area contributed by atoms with Gasteiger partial charge in [-0.15, -0.1) is 12.4 Å². The van der Waals surface area contributed by atoms with Crippen LogP contribution in [0.4, 0.5) is 0 Å². The fraction of sp³-hybridized carbons (Fsp3) is 0.833. The van der Waals surface area contributed by atoms with Crippen LogP contribution in [0.3, 0.4) is 0 Å². The summed E-state index contributed by atoms with van der Waals surface area (Å²) < 4.78 is 5.51. The summed E-state index contributed by atoms with van der Waals surface area (Å²) in [4.78, 5) is 4.61. The summed E-state index contributed by atoms with van der Waals surface area (Å²) in [5.74, 6) is 2.78. The molecule has 5 heteroatoms. The smallest absolute Gasteiger partial charge is 0.234 e. The van der Waals surface area contributed by atoms with Gasteiger partial charge in [-0.1, -0.05) is 25.4 Å². The fourth-order valence-electron chi connectivity index (χ4n) is 3.17. The minimum Gasteiger partial charge on any atom is -0.339 e. The van der Waals surface area contributed by atoms with Crippen LogP contribution in [0.2, 0.25) is 0 Å². The van der Waals surface area contributed by atoms with E-state index in [0.717, 1.165) is 24.8 Å². The second-order valence-electron chi connectivity index (χ2n) is 5.49. The van der Waals surface area contributed by atoms with Crippen molar-refractivity contribution in [2.24, 2.45) is 5.92 Å². The van der Waals surface area contributed by atoms with Gasteiger partial charge in [0.2, 0.25) is 5.89 Å². The zero-order valence-corrected chi connectivity index (χ0v) is 11.2. The fourth-order valence-corrected chi connectivity index (χ4v) is 3.17. The Morgan fingerprint density at radius 3 is 3.00 bits per heavy atom. The molecule has 0 bridgehead atoms. The Hall–Kier alpha value is -0.610. The van der Waals surface area contributed by atoms with Gasteiger partial charge in [0, 0.05) is 12.5 Å². The van der Waals surface area contributed by atoms with E-state index in [1.54, 1.807) is 0 Å². The van der Waals surface area contributed by atoms with Gasteiger partial charge in [-0.25, -0.2) is 0 Å². The number of rotatable bonds is 2. The van der Waals surface area contributed by atoms with Crippen molar-refractivity contribution in [2.45, 2.75) is 44.4 Å². The van der Waals surface area contributed by atoms with Crippen molar-refractivity contribution >= 4 is 12.4 Å². The second kappa shape index (κ2) is 4.58. The van der Waals surface area contributed by atoms with Crippen LogP contribution < -0.4 is 5.32 Å². The van der Waals surface area contributed by atoms with Crippen LogP contribution in [-0.4, -0.2) is 23.2 Å². The van der Waals surface area contributed by atoms with Gasteiger partial charge in [0.25, 0.3) is 0 Å². The van der Waals surface area contributed by atoms with Crippen molar-refractivity contribution in [1.82, 2.24) is 15.5 Å². The molecule has 1 N–H and O–H groups in total. The third kappa shape index (κ3) is 1.87. The molecule has 1 aliphatic heterocycles. The van der Waals surface area contributed by atoms with E-state index in [2.05, 4.69) is 29.3 Å². The Morgan fingerprint density at radius 2 is 2.29 bits per heavy atom. The van der Waals surface area contributed by atoms with Gasteiger partial charge in [-0.2, -0.15) is 4.98 Å². The van der Waals surface area contributed by atoms with Gasteiger partial charge >= 0.3 is 0 Å². The lowest BCUT2D eigenvalue weighted by Crippen LogP contribution is -2.31. The van der Waals surface area contributed by atoms with Crippen molar-refractivity contribution in [3.63, 3.8) is 0 Å². The average Bonchev–Trinajstić information content (AvgIpc) is 2.91. The molecule has 0 amide bonds. The molecule has 17 heavy (non-hydrogen) atoms. The molecule has 1 aliphatic carbocycles. The van der Waals surface area contributed by atoms with Crippen LogP contribution in [-0.2, 0) is 5.41 Å². The number of hydrogen-bond donors (Lipinski definition) is 1. The van der Waals surface area contributed by atoms with Crippen molar-refractivity contribution in [3.05, 3.63) is 11.7 Å².